The Bertz CT molecular complexity index is 597. The van der Waals surface area contributed by atoms with Gasteiger partial charge in [0, 0.05) is 11.4 Å². The summed E-state index contributed by atoms with van der Waals surface area (Å²) in [6, 6.07) is 15.5. The molecule has 1 amide bonds. The molecular formula is C17H20N2O2. The van der Waals surface area contributed by atoms with Gasteiger partial charge in [-0.25, -0.2) is 0 Å². The summed E-state index contributed by atoms with van der Waals surface area (Å²) in [6.07, 6.45) is 0.797. The van der Waals surface area contributed by atoms with E-state index in [4.69, 9.17) is 10.5 Å². The Kier molecular flexibility index (Phi) is 5.35. The van der Waals surface area contributed by atoms with Gasteiger partial charge in [0.05, 0.1) is 6.61 Å². The Balaban J connectivity index is 1.74. The molecule has 0 atom stereocenters. The normalized spacial score (nSPS) is 10.3. The molecule has 110 valence electrons. The molecule has 0 bridgehead atoms. The van der Waals surface area contributed by atoms with Crippen molar-refractivity contribution in [3.05, 3.63) is 59.7 Å². The zero-order chi connectivity index (χ0) is 15.1. The molecule has 0 aliphatic rings. The quantitative estimate of drug-likeness (QED) is 0.633. The van der Waals surface area contributed by atoms with Crippen molar-refractivity contribution in [1.29, 1.82) is 0 Å². The van der Waals surface area contributed by atoms with Crippen molar-refractivity contribution >= 4 is 17.3 Å². The predicted molar refractivity (Wildman–Crippen MR) is 85.2 cm³/mol. The van der Waals surface area contributed by atoms with E-state index in [9.17, 15) is 4.79 Å². The summed E-state index contributed by atoms with van der Waals surface area (Å²) < 4.78 is 5.40. The molecular weight excluding hydrogens is 264 g/mol. The monoisotopic (exact) mass is 284 g/mol. The fourth-order valence-electron chi connectivity index (χ4n) is 1.97. The average molecular weight is 284 g/mol. The fraction of sp³-hybridized carbons (Fsp3) is 0.235. The third-order valence-electron chi connectivity index (χ3n) is 3.26. The topological polar surface area (TPSA) is 64.3 Å². The number of anilines is 2. The van der Waals surface area contributed by atoms with Crippen LogP contribution >= 0.6 is 0 Å². The molecule has 0 fully saturated rings. The highest BCUT2D eigenvalue weighted by molar-refractivity contribution is 5.93. The summed E-state index contributed by atoms with van der Waals surface area (Å²) in [5.41, 5.74) is 9.26. The van der Waals surface area contributed by atoms with Crippen molar-refractivity contribution in [2.75, 3.05) is 24.3 Å². The molecule has 0 aromatic heterocycles. The van der Waals surface area contributed by atoms with E-state index in [0.717, 1.165) is 17.7 Å². The van der Waals surface area contributed by atoms with E-state index in [1.165, 1.54) is 5.56 Å². The standard InChI is InChI=1S/C17H20N2O2/c1-13-15(18)8-5-9-16(13)19-17(20)12-21-11-10-14-6-3-2-4-7-14/h2-9H,10-12,18H2,1H3,(H,19,20). The number of nitrogens with two attached hydrogens (primary N) is 1. The second kappa shape index (κ2) is 7.45. The molecule has 0 unspecified atom stereocenters. The summed E-state index contributed by atoms with van der Waals surface area (Å²) in [7, 11) is 0. The molecule has 0 spiro atoms. The average Bonchev–Trinajstić information content (AvgIpc) is 2.49. The highest BCUT2D eigenvalue weighted by atomic mass is 16.5. The van der Waals surface area contributed by atoms with Crippen molar-refractivity contribution in [1.82, 2.24) is 0 Å². The van der Waals surface area contributed by atoms with Gasteiger partial charge in [-0.2, -0.15) is 0 Å². The van der Waals surface area contributed by atoms with E-state index < -0.39 is 0 Å². The lowest BCUT2D eigenvalue weighted by atomic mass is 10.1. The Labute approximate surface area is 124 Å². The first kappa shape index (κ1) is 15.1. The number of ether oxygens (including phenoxy) is 1. The van der Waals surface area contributed by atoms with Gasteiger partial charge in [-0.3, -0.25) is 4.79 Å². The second-order valence-electron chi connectivity index (χ2n) is 4.86. The summed E-state index contributed by atoms with van der Waals surface area (Å²) in [5.74, 6) is -0.170. The van der Waals surface area contributed by atoms with Crippen LogP contribution in [0.3, 0.4) is 0 Å². The first-order valence-electron chi connectivity index (χ1n) is 6.93. The molecule has 2 rings (SSSR count). The third kappa shape index (κ3) is 4.61. The molecule has 0 saturated carbocycles. The molecule has 4 heteroatoms. The SMILES string of the molecule is Cc1c(N)cccc1NC(=O)COCCc1ccccc1. The van der Waals surface area contributed by atoms with E-state index in [1.54, 1.807) is 6.07 Å². The number of rotatable bonds is 6. The second-order valence-corrected chi connectivity index (χ2v) is 4.86. The van der Waals surface area contributed by atoms with Gasteiger partial charge in [-0.05, 0) is 36.6 Å². The maximum atomic E-state index is 11.8. The lowest BCUT2D eigenvalue weighted by molar-refractivity contribution is -0.120. The highest BCUT2D eigenvalue weighted by Crippen LogP contribution is 2.20. The summed E-state index contributed by atoms with van der Waals surface area (Å²) in [5, 5.41) is 2.81. The van der Waals surface area contributed by atoms with Gasteiger partial charge in [0.25, 0.3) is 0 Å². The van der Waals surface area contributed by atoms with Crippen LogP contribution in [0.2, 0.25) is 0 Å². The Morgan fingerprint density at radius 1 is 1.14 bits per heavy atom. The molecule has 0 heterocycles. The zero-order valence-electron chi connectivity index (χ0n) is 12.1. The van der Waals surface area contributed by atoms with Crippen LogP contribution in [0.5, 0.6) is 0 Å². The Morgan fingerprint density at radius 2 is 1.90 bits per heavy atom. The minimum atomic E-state index is -0.170. The van der Waals surface area contributed by atoms with Crippen molar-refractivity contribution in [3.63, 3.8) is 0 Å². The van der Waals surface area contributed by atoms with Crippen molar-refractivity contribution < 1.29 is 9.53 Å². The number of nitrogen functional groups attached to an aromatic ring is 1. The maximum absolute atomic E-state index is 11.8. The van der Waals surface area contributed by atoms with Crippen molar-refractivity contribution in [3.8, 4) is 0 Å². The van der Waals surface area contributed by atoms with Crippen LogP contribution < -0.4 is 11.1 Å². The van der Waals surface area contributed by atoms with Crippen molar-refractivity contribution in [2.45, 2.75) is 13.3 Å². The molecule has 4 nitrogen and oxygen atoms in total. The van der Waals surface area contributed by atoms with E-state index >= 15 is 0 Å². The maximum Gasteiger partial charge on any atom is 0.250 e. The lowest BCUT2D eigenvalue weighted by Gasteiger charge is -2.10. The number of nitrogens with one attached hydrogen (secondary N) is 1. The van der Waals surface area contributed by atoms with Crippen LogP contribution in [-0.4, -0.2) is 19.1 Å². The van der Waals surface area contributed by atoms with E-state index in [1.807, 2.05) is 49.4 Å². The third-order valence-corrected chi connectivity index (χ3v) is 3.26. The van der Waals surface area contributed by atoms with Crippen LogP contribution in [0.4, 0.5) is 11.4 Å². The van der Waals surface area contributed by atoms with Gasteiger partial charge >= 0.3 is 0 Å². The van der Waals surface area contributed by atoms with Gasteiger partial charge < -0.3 is 15.8 Å². The Hall–Kier alpha value is -2.33. The number of carbonyl (C=O) groups is 1. The molecule has 3 N–H and O–H groups in total. The minimum absolute atomic E-state index is 0.0427. The molecule has 0 aliphatic heterocycles. The van der Waals surface area contributed by atoms with Crippen LogP contribution in [0, 0.1) is 6.92 Å². The molecule has 0 aliphatic carbocycles. The zero-order valence-corrected chi connectivity index (χ0v) is 12.1. The lowest BCUT2D eigenvalue weighted by Crippen LogP contribution is -2.19. The van der Waals surface area contributed by atoms with E-state index in [2.05, 4.69) is 5.32 Å². The molecule has 21 heavy (non-hydrogen) atoms. The summed E-state index contributed by atoms with van der Waals surface area (Å²) >= 11 is 0. The van der Waals surface area contributed by atoms with E-state index in [0.29, 0.717) is 12.3 Å². The van der Waals surface area contributed by atoms with Crippen LogP contribution in [0.15, 0.2) is 48.5 Å². The van der Waals surface area contributed by atoms with Gasteiger partial charge in [-0.1, -0.05) is 36.4 Å². The summed E-state index contributed by atoms with van der Waals surface area (Å²) in [4.78, 5) is 11.8. The van der Waals surface area contributed by atoms with Gasteiger partial charge in [0.1, 0.15) is 6.61 Å². The molecule has 0 saturated heterocycles. The van der Waals surface area contributed by atoms with Crippen LogP contribution in [0.25, 0.3) is 0 Å². The van der Waals surface area contributed by atoms with E-state index in [-0.39, 0.29) is 12.5 Å². The molecule has 0 radical (unpaired) electrons. The number of amides is 1. The molecule has 2 aromatic rings. The van der Waals surface area contributed by atoms with Crippen LogP contribution in [-0.2, 0) is 16.0 Å². The highest BCUT2D eigenvalue weighted by Gasteiger charge is 2.06. The van der Waals surface area contributed by atoms with Gasteiger partial charge in [-0.15, -0.1) is 0 Å². The predicted octanol–water partition coefficient (Wildman–Crippen LogP) is 2.78. The number of carbonyl (C=O) groups excluding carboxylic acids is 1. The fourth-order valence-corrected chi connectivity index (χ4v) is 1.97. The van der Waals surface area contributed by atoms with Gasteiger partial charge in [0.2, 0.25) is 5.91 Å². The smallest absolute Gasteiger partial charge is 0.250 e. The number of hydrogen-bond donors (Lipinski definition) is 2. The van der Waals surface area contributed by atoms with Crippen molar-refractivity contribution in [2.24, 2.45) is 0 Å². The number of hydrogen-bond acceptors (Lipinski definition) is 3. The van der Waals surface area contributed by atoms with Gasteiger partial charge in [0.15, 0.2) is 0 Å². The summed E-state index contributed by atoms with van der Waals surface area (Å²) in [6.45, 7) is 2.44. The first-order chi connectivity index (χ1) is 10.2. The largest absolute Gasteiger partial charge is 0.398 e. The first-order valence-corrected chi connectivity index (χ1v) is 6.93. The minimum Gasteiger partial charge on any atom is -0.398 e. The molecule has 2 aromatic carbocycles. The Morgan fingerprint density at radius 3 is 2.67 bits per heavy atom. The number of benzene rings is 2. The van der Waals surface area contributed by atoms with Crippen LogP contribution in [0.1, 0.15) is 11.1 Å².